The average molecular weight is 309 g/mol. The zero-order valence-electron chi connectivity index (χ0n) is 11.6. The van der Waals surface area contributed by atoms with Crippen LogP contribution in [0.4, 0.5) is 0 Å². The Morgan fingerprint density at radius 1 is 0.864 bits per heavy atom. The predicted octanol–water partition coefficient (Wildman–Crippen LogP) is -0.714. The summed E-state index contributed by atoms with van der Waals surface area (Å²) < 4.78 is 5.43. The van der Waals surface area contributed by atoms with Gasteiger partial charge in [-0.15, -0.1) is 0 Å². The van der Waals surface area contributed by atoms with Crippen LogP contribution in [0.15, 0.2) is 45.6 Å². The van der Waals surface area contributed by atoms with Gasteiger partial charge in [0.05, 0.1) is 5.39 Å². The van der Waals surface area contributed by atoms with Crippen LogP contribution in [0, 0.1) is 0 Å². The summed E-state index contributed by atoms with van der Waals surface area (Å²) in [5.41, 5.74) is -0.343. The Morgan fingerprint density at radius 3 is 2.27 bits per heavy atom. The summed E-state index contributed by atoms with van der Waals surface area (Å²) in [4.78, 5) is 12.1. The minimum Gasteiger partial charge on any atom is -0.508 e. The summed E-state index contributed by atoms with van der Waals surface area (Å²) >= 11 is 0. The molecule has 3 aromatic rings. The molecule has 22 heavy (non-hydrogen) atoms. The third kappa shape index (κ3) is 2.64. The molecule has 0 saturated heterocycles. The summed E-state index contributed by atoms with van der Waals surface area (Å²) in [6.45, 7) is 0. The van der Waals surface area contributed by atoms with Gasteiger partial charge in [-0.2, -0.15) is 0 Å². The largest absolute Gasteiger partial charge is 1.00 e. The summed E-state index contributed by atoms with van der Waals surface area (Å²) in [6, 6.07) is 7.64. The standard InChI is InChI=1S/C15H10O6.Na/c16-8-2-3-9-12(6-8)21-15(14(20)13(9)19)7-1-4-10(17)11(18)5-7;/h1-6,16-18,20H;/q;+1. The Morgan fingerprint density at radius 2 is 1.59 bits per heavy atom. The molecule has 1 heterocycles. The Labute approximate surface area is 146 Å². The van der Waals surface area contributed by atoms with E-state index < -0.39 is 16.9 Å². The van der Waals surface area contributed by atoms with Gasteiger partial charge in [0.1, 0.15) is 11.3 Å². The topological polar surface area (TPSA) is 111 Å². The minimum atomic E-state index is -0.654. The molecule has 0 amide bonds. The zero-order chi connectivity index (χ0) is 15.1. The first-order valence-electron chi connectivity index (χ1n) is 5.98. The maximum absolute atomic E-state index is 12.1. The van der Waals surface area contributed by atoms with Crippen molar-refractivity contribution in [3.05, 3.63) is 46.6 Å². The monoisotopic (exact) mass is 309 g/mol. The Kier molecular flexibility index (Phi) is 4.37. The van der Waals surface area contributed by atoms with Gasteiger partial charge in [-0.3, -0.25) is 4.79 Å². The fourth-order valence-corrected chi connectivity index (χ4v) is 2.03. The Hall–Kier alpha value is -2.15. The fourth-order valence-electron chi connectivity index (χ4n) is 2.03. The number of hydrogen-bond donors (Lipinski definition) is 4. The van der Waals surface area contributed by atoms with Gasteiger partial charge < -0.3 is 24.8 Å². The van der Waals surface area contributed by atoms with Crippen molar-refractivity contribution in [2.45, 2.75) is 0 Å². The van der Waals surface area contributed by atoms with Crippen LogP contribution in [0.2, 0.25) is 0 Å². The maximum atomic E-state index is 12.1. The predicted molar refractivity (Wildman–Crippen MR) is 74.6 cm³/mol. The first-order valence-corrected chi connectivity index (χ1v) is 5.98. The molecular weight excluding hydrogens is 299 g/mol. The van der Waals surface area contributed by atoms with E-state index in [-0.39, 0.29) is 63.3 Å². The second-order valence-electron chi connectivity index (χ2n) is 4.49. The molecule has 0 aliphatic carbocycles. The van der Waals surface area contributed by atoms with Crippen LogP contribution in [0.5, 0.6) is 23.0 Å². The van der Waals surface area contributed by atoms with E-state index in [1.54, 1.807) is 0 Å². The molecule has 0 saturated carbocycles. The summed E-state index contributed by atoms with van der Waals surface area (Å²) in [6.07, 6.45) is 0. The van der Waals surface area contributed by atoms with Crippen molar-refractivity contribution in [2.75, 3.05) is 0 Å². The van der Waals surface area contributed by atoms with Crippen LogP contribution >= 0.6 is 0 Å². The SMILES string of the molecule is O=c1c(O)c(-c2ccc(O)c(O)c2)oc2cc(O)ccc12.[Na+]. The van der Waals surface area contributed by atoms with Crippen molar-refractivity contribution in [1.29, 1.82) is 0 Å². The molecule has 0 atom stereocenters. The fraction of sp³-hybridized carbons (Fsp3) is 0. The quantitative estimate of drug-likeness (QED) is 0.349. The second kappa shape index (κ2) is 5.92. The Balaban J connectivity index is 0.00000176. The van der Waals surface area contributed by atoms with Crippen LogP contribution in [-0.4, -0.2) is 20.4 Å². The number of hydrogen-bond acceptors (Lipinski definition) is 6. The van der Waals surface area contributed by atoms with E-state index in [4.69, 9.17) is 4.42 Å². The van der Waals surface area contributed by atoms with E-state index in [1.165, 1.54) is 30.3 Å². The van der Waals surface area contributed by atoms with Gasteiger partial charge in [0.15, 0.2) is 17.3 Å². The van der Waals surface area contributed by atoms with Crippen molar-refractivity contribution in [1.82, 2.24) is 0 Å². The normalized spacial score (nSPS) is 10.4. The van der Waals surface area contributed by atoms with Crippen molar-refractivity contribution >= 4 is 11.0 Å². The molecular formula is C15H10NaO6+. The third-order valence-electron chi connectivity index (χ3n) is 3.09. The van der Waals surface area contributed by atoms with Crippen molar-refractivity contribution in [2.24, 2.45) is 0 Å². The summed E-state index contributed by atoms with van der Waals surface area (Å²) in [5.74, 6) is -1.60. The molecule has 106 valence electrons. The van der Waals surface area contributed by atoms with Crippen LogP contribution in [0.3, 0.4) is 0 Å². The molecule has 0 radical (unpaired) electrons. The zero-order valence-corrected chi connectivity index (χ0v) is 13.6. The summed E-state index contributed by atoms with van der Waals surface area (Å²) in [5, 5.41) is 38.3. The second-order valence-corrected chi connectivity index (χ2v) is 4.49. The Bertz CT molecular complexity index is 916. The van der Waals surface area contributed by atoms with E-state index in [0.717, 1.165) is 6.07 Å². The molecule has 3 rings (SSSR count). The number of phenolic OH excluding ortho intramolecular Hbond substituents is 3. The van der Waals surface area contributed by atoms with E-state index >= 15 is 0 Å². The number of benzene rings is 2. The minimum absolute atomic E-state index is 0. The molecule has 4 N–H and O–H groups in total. The number of phenols is 3. The molecule has 2 aromatic carbocycles. The maximum Gasteiger partial charge on any atom is 1.00 e. The number of rotatable bonds is 1. The van der Waals surface area contributed by atoms with Crippen molar-refractivity contribution < 1.29 is 54.4 Å². The third-order valence-corrected chi connectivity index (χ3v) is 3.09. The molecule has 0 fully saturated rings. The van der Waals surface area contributed by atoms with Gasteiger partial charge in [0, 0.05) is 11.6 Å². The van der Waals surface area contributed by atoms with E-state index in [2.05, 4.69) is 0 Å². The van der Waals surface area contributed by atoms with E-state index in [1.807, 2.05) is 0 Å². The van der Waals surface area contributed by atoms with Gasteiger partial charge in [-0.25, -0.2) is 0 Å². The van der Waals surface area contributed by atoms with Crippen LogP contribution in [0.1, 0.15) is 0 Å². The smallest absolute Gasteiger partial charge is 0.508 e. The van der Waals surface area contributed by atoms with Crippen LogP contribution in [0.25, 0.3) is 22.3 Å². The van der Waals surface area contributed by atoms with Gasteiger partial charge in [0.25, 0.3) is 0 Å². The first kappa shape index (κ1) is 16.2. The van der Waals surface area contributed by atoms with Crippen LogP contribution < -0.4 is 35.0 Å². The molecule has 6 nitrogen and oxygen atoms in total. The molecule has 7 heteroatoms. The summed E-state index contributed by atoms with van der Waals surface area (Å²) in [7, 11) is 0. The van der Waals surface area contributed by atoms with Gasteiger partial charge >= 0.3 is 29.6 Å². The van der Waals surface area contributed by atoms with E-state index in [0.29, 0.717) is 0 Å². The number of aromatic hydroxyl groups is 4. The number of fused-ring (bicyclic) bond motifs is 1. The van der Waals surface area contributed by atoms with Crippen molar-refractivity contribution in [3.8, 4) is 34.3 Å². The molecule has 0 spiro atoms. The average Bonchev–Trinajstić information content (AvgIpc) is 2.45. The molecule has 0 unspecified atom stereocenters. The van der Waals surface area contributed by atoms with Gasteiger partial charge in [-0.05, 0) is 30.3 Å². The first-order chi connectivity index (χ1) is 9.97. The van der Waals surface area contributed by atoms with Crippen molar-refractivity contribution in [3.63, 3.8) is 0 Å². The molecule has 0 bridgehead atoms. The molecule has 1 aromatic heterocycles. The van der Waals surface area contributed by atoms with Gasteiger partial charge in [-0.1, -0.05) is 0 Å². The molecule has 0 aliphatic heterocycles. The van der Waals surface area contributed by atoms with E-state index in [9.17, 15) is 25.2 Å². The molecule has 0 aliphatic rings. The van der Waals surface area contributed by atoms with Gasteiger partial charge in [0.2, 0.25) is 11.2 Å². The van der Waals surface area contributed by atoms with Crippen LogP contribution in [-0.2, 0) is 0 Å².